The van der Waals surface area contributed by atoms with E-state index in [4.69, 9.17) is 21.8 Å². The summed E-state index contributed by atoms with van der Waals surface area (Å²) in [4.78, 5) is 22.1. The van der Waals surface area contributed by atoms with Crippen molar-refractivity contribution in [1.29, 1.82) is 0 Å². The zero-order valence-corrected chi connectivity index (χ0v) is 10.2. The van der Waals surface area contributed by atoms with E-state index < -0.39 is 11.9 Å². The zero-order chi connectivity index (χ0) is 13.4. The maximum atomic E-state index is 11.2. The smallest absolute Gasteiger partial charge is 0.339 e. The standard InChI is InChI=1S/C12H10ClNO4/c1-2-14-8-4-3-6(11(15)16)5-7(8)9(10(14)13)12(17)18/h3-5H,2H2,1H3,(H,15,16)(H,17,18). The van der Waals surface area contributed by atoms with E-state index >= 15 is 0 Å². The van der Waals surface area contributed by atoms with Gasteiger partial charge in [0.2, 0.25) is 0 Å². The van der Waals surface area contributed by atoms with Crippen molar-refractivity contribution in [3.05, 3.63) is 34.5 Å². The number of aromatic nitrogens is 1. The highest BCUT2D eigenvalue weighted by Crippen LogP contribution is 2.30. The van der Waals surface area contributed by atoms with Gasteiger partial charge >= 0.3 is 11.9 Å². The molecule has 2 N–H and O–H groups in total. The first-order chi connectivity index (χ1) is 8.47. The Kier molecular flexibility index (Phi) is 3.00. The van der Waals surface area contributed by atoms with Crippen molar-refractivity contribution in [1.82, 2.24) is 4.57 Å². The highest BCUT2D eigenvalue weighted by molar-refractivity contribution is 6.35. The lowest BCUT2D eigenvalue weighted by Crippen LogP contribution is -1.98. The second-order valence-corrected chi connectivity index (χ2v) is 4.11. The van der Waals surface area contributed by atoms with Gasteiger partial charge in [0.15, 0.2) is 0 Å². The molecule has 0 radical (unpaired) electrons. The Bertz CT molecular complexity index is 660. The summed E-state index contributed by atoms with van der Waals surface area (Å²) in [6.45, 7) is 2.34. The number of benzene rings is 1. The molecule has 0 amide bonds. The number of carboxylic acid groups (broad SMARTS) is 2. The van der Waals surface area contributed by atoms with Crippen molar-refractivity contribution in [3.8, 4) is 0 Å². The molecule has 1 heterocycles. The SMILES string of the molecule is CCn1c(Cl)c(C(=O)O)c2cc(C(=O)O)ccc21. The summed E-state index contributed by atoms with van der Waals surface area (Å²) in [5.74, 6) is -2.27. The number of aromatic carboxylic acids is 2. The normalized spacial score (nSPS) is 10.8. The van der Waals surface area contributed by atoms with Gasteiger partial charge in [0.05, 0.1) is 11.1 Å². The van der Waals surface area contributed by atoms with Crippen LogP contribution < -0.4 is 0 Å². The predicted molar refractivity (Wildman–Crippen MR) is 66.5 cm³/mol. The second-order valence-electron chi connectivity index (χ2n) is 3.75. The van der Waals surface area contributed by atoms with Crippen molar-refractivity contribution in [2.45, 2.75) is 13.5 Å². The number of nitrogens with zero attached hydrogens (tertiary/aromatic N) is 1. The minimum absolute atomic E-state index is 0.0370. The van der Waals surface area contributed by atoms with E-state index in [1.54, 1.807) is 10.6 Å². The minimum atomic E-state index is -1.17. The molecule has 0 saturated carbocycles. The van der Waals surface area contributed by atoms with Gasteiger partial charge in [0, 0.05) is 11.9 Å². The Labute approximate surface area is 107 Å². The summed E-state index contributed by atoms with van der Waals surface area (Å²) in [7, 11) is 0. The molecule has 1 aromatic heterocycles. The van der Waals surface area contributed by atoms with E-state index in [2.05, 4.69) is 0 Å². The molecule has 0 unspecified atom stereocenters. The molecule has 0 fully saturated rings. The van der Waals surface area contributed by atoms with Crippen LogP contribution in [-0.4, -0.2) is 26.7 Å². The number of halogens is 1. The zero-order valence-electron chi connectivity index (χ0n) is 9.48. The summed E-state index contributed by atoms with van der Waals surface area (Å²) in [6.07, 6.45) is 0. The highest BCUT2D eigenvalue weighted by Gasteiger charge is 2.21. The number of hydrogen-bond donors (Lipinski definition) is 2. The Morgan fingerprint density at radius 2 is 1.94 bits per heavy atom. The van der Waals surface area contributed by atoms with Gasteiger partial charge in [-0.2, -0.15) is 0 Å². The fourth-order valence-corrected chi connectivity index (χ4v) is 2.36. The summed E-state index contributed by atoms with van der Waals surface area (Å²) >= 11 is 6.01. The fourth-order valence-electron chi connectivity index (χ4n) is 1.97. The van der Waals surface area contributed by atoms with E-state index in [0.717, 1.165) is 0 Å². The first kappa shape index (κ1) is 12.4. The Hall–Kier alpha value is -2.01. The van der Waals surface area contributed by atoms with Crippen LogP contribution in [0.3, 0.4) is 0 Å². The number of fused-ring (bicyclic) bond motifs is 1. The average Bonchev–Trinajstić information content (AvgIpc) is 2.59. The third-order valence-electron chi connectivity index (χ3n) is 2.78. The van der Waals surface area contributed by atoms with Crippen LogP contribution in [0.4, 0.5) is 0 Å². The molecule has 0 saturated heterocycles. The molecule has 0 bridgehead atoms. The maximum Gasteiger partial charge on any atom is 0.339 e. The van der Waals surface area contributed by atoms with Gasteiger partial charge in [0.25, 0.3) is 0 Å². The highest BCUT2D eigenvalue weighted by atomic mass is 35.5. The lowest BCUT2D eigenvalue weighted by atomic mass is 10.1. The van der Waals surface area contributed by atoms with Crippen LogP contribution in [0.1, 0.15) is 27.6 Å². The topological polar surface area (TPSA) is 79.5 Å². The van der Waals surface area contributed by atoms with Gasteiger partial charge in [-0.3, -0.25) is 0 Å². The molecule has 0 aliphatic carbocycles. The molecule has 1 aromatic carbocycles. The molecule has 6 heteroatoms. The van der Waals surface area contributed by atoms with Crippen LogP contribution >= 0.6 is 11.6 Å². The molecule has 5 nitrogen and oxygen atoms in total. The lowest BCUT2D eigenvalue weighted by Gasteiger charge is -2.02. The average molecular weight is 268 g/mol. The summed E-state index contributed by atoms with van der Waals surface area (Å²) < 4.78 is 1.63. The van der Waals surface area contributed by atoms with Crippen LogP contribution in [0.15, 0.2) is 18.2 Å². The van der Waals surface area contributed by atoms with Crippen LogP contribution in [0, 0.1) is 0 Å². The van der Waals surface area contributed by atoms with Gasteiger partial charge in [-0.1, -0.05) is 11.6 Å². The number of aryl methyl sites for hydroxylation is 1. The number of rotatable bonds is 3. The second kappa shape index (κ2) is 4.34. The largest absolute Gasteiger partial charge is 0.478 e. The molecule has 0 aliphatic rings. The van der Waals surface area contributed by atoms with E-state index in [1.807, 2.05) is 6.92 Å². The molecular weight excluding hydrogens is 258 g/mol. The van der Waals surface area contributed by atoms with Crippen LogP contribution in [0.25, 0.3) is 10.9 Å². The summed E-state index contributed by atoms with van der Waals surface area (Å²) in [6, 6.07) is 4.33. The van der Waals surface area contributed by atoms with Crippen molar-refractivity contribution in [2.24, 2.45) is 0 Å². The predicted octanol–water partition coefficient (Wildman–Crippen LogP) is 2.71. The third kappa shape index (κ3) is 1.73. The molecule has 2 aromatic rings. The fraction of sp³-hybridized carbons (Fsp3) is 0.167. The van der Waals surface area contributed by atoms with E-state index in [9.17, 15) is 9.59 Å². The Balaban J connectivity index is 2.88. The van der Waals surface area contributed by atoms with Gasteiger partial charge in [0.1, 0.15) is 10.7 Å². The number of carboxylic acids is 2. The Morgan fingerprint density at radius 1 is 1.28 bits per heavy atom. The number of carbonyl (C=O) groups is 2. The van der Waals surface area contributed by atoms with Crippen molar-refractivity contribution in [2.75, 3.05) is 0 Å². The Morgan fingerprint density at radius 3 is 2.44 bits per heavy atom. The quantitative estimate of drug-likeness (QED) is 0.896. The maximum absolute atomic E-state index is 11.2. The molecule has 0 aliphatic heterocycles. The third-order valence-corrected chi connectivity index (χ3v) is 3.17. The van der Waals surface area contributed by atoms with E-state index in [1.165, 1.54) is 12.1 Å². The van der Waals surface area contributed by atoms with Crippen LogP contribution in [-0.2, 0) is 6.54 Å². The van der Waals surface area contributed by atoms with Crippen molar-refractivity contribution < 1.29 is 19.8 Å². The molecule has 0 atom stereocenters. The van der Waals surface area contributed by atoms with Gasteiger partial charge in [-0.25, -0.2) is 9.59 Å². The first-order valence-electron chi connectivity index (χ1n) is 5.25. The van der Waals surface area contributed by atoms with Crippen molar-refractivity contribution in [3.63, 3.8) is 0 Å². The number of hydrogen-bond acceptors (Lipinski definition) is 2. The van der Waals surface area contributed by atoms with Crippen LogP contribution in [0.5, 0.6) is 0 Å². The summed E-state index contributed by atoms with van der Waals surface area (Å²) in [5.41, 5.74) is 0.594. The van der Waals surface area contributed by atoms with Gasteiger partial charge < -0.3 is 14.8 Å². The van der Waals surface area contributed by atoms with Gasteiger partial charge in [-0.05, 0) is 25.1 Å². The molecule has 2 rings (SSSR count). The van der Waals surface area contributed by atoms with E-state index in [0.29, 0.717) is 17.4 Å². The molecule has 94 valence electrons. The van der Waals surface area contributed by atoms with E-state index in [-0.39, 0.29) is 16.3 Å². The van der Waals surface area contributed by atoms with Crippen LogP contribution in [0.2, 0.25) is 5.15 Å². The molecule has 18 heavy (non-hydrogen) atoms. The summed E-state index contributed by atoms with van der Waals surface area (Å²) in [5, 5.41) is 18.5. The minimum Gasteiger partial charge on any atom is -0.478 e. The monoisotopic (exact) mass is 267 g/mol. The van der Waals surface area contributed by atoms with Gasteiger partial charge in [-0.15, -0.1) is 0 Å². The lowest BCUT2D eigenvalue weighted by molar-refractivity contribution is 0.0685. The molecule has 0 spiro atoms. The first-order valence-corrected chi connectivity index (χ1v) is 5.63. The van der Waals surface area contributed by atoms with Crippen molar-refractivity contribution >= 4 is 34.4 Å². The molecular formula is C12H10ClNO4.